The number of aliphatic hydroxyl groups excluding tert-OH is 1. The zero-order valence-electron chi connectivity index (χ0n) is 10.3. The first-order chi connectivity index (χ1) is 8.95. The summed E-state index contributed by atoms with van der Waals surface area (Å²) in [6.07, 6.45) is -2.63. The smallest absolute Gasteiger partial charge is 0.255 e. The van der Waals surface area contributed by atoms with E-state index in [4.69, 9.17) is 5.11 Å². The normalized spacial score (nSPS) is 15.5. The summed E-state index contributed by atoms with van der Waals surface area (Å²) in [5.41, 5.74) is 0. The first kappa shape index (κ1) is 15.5. The largest absolute Gasteiger partial charge is 0.395 e. The third-order valence-electron chi connectivity index (χ3n) is 2.79. The molecule has 0 aromatic rings. The van der Waals surface area contributed by atoms with Crippen LogP contribution in [-0.2, 0) is 14.4 Å². The minimum Gasteiger partial charge on any atom is -0.395 e. The van der Waals surface area contributed by atoms with Crippen molar-refractivity contribution >= 4 is 17.7 Å². The molecule has 1 aliphatic heterocycles. The fourth-order valence-corrected chi connectivity index (χ4v) is 1.84. The molecule has 0 unspecified atom stereocenters. The Balaban J connectivity index is 2.47. The third kappa shape index (κ3) is 4.55. The van der Waals surface area contributed by atoms with Crippen molar-refractivity contribution in [3.63, 3.8) is 0 Å². The minimum atomic E-state index is -2.69. The molecule has 6 nitrogen and oxygen atoms in total. The molecule has 0 aromatic heterocycles. The zero-order valence-corrected chi connectivity index (χ0v) is 10.3. The number of carbonyl (C=O) groups excluding carboxylic acids is 3. The van der Waals surface area contributed by atoms with Crippen molar-refractivity contribution in [3.05, 3.63) is 0 Å². The Hall–Kier alpha value is -1.57. The van der Waals surface area contributed by atoms with E-state index >= 15 is 0 Å². The van der Waals surface area contributed by atoms with Gasteiger partial charge in [0.05, 0.1) is 13.2 Å². The summed E-state index contributed by atoms with van der Waals surface area (Å²) < 4.78 is 24.5. The third-order valence-corrected chi connectivity index (χ3v) is 2.79. The molecular formula is C11H16F2N2O4. The van der Waals surface area contributed by atoms with Crippen LogP contribution in [0, 0.1) is 0 Å². The predicted molar refractivity (Wildman–Crippen MR) is 60.2 cm³/mol. The fraction of sp³-hybridized carbons (Fsp3) is 0.727. The highest BCUT2D eigenvalue weighted by Crippen LogP contribution is 2.12. The van der Waals surface area contributed by atoms with Crippen LogP contribution in [0.1, 0.15) is 19.3 Å². The Morgan fingerprint density at radius 2 is 1.89 bits per heavy atom. The monoisotopic (exact) mass is 278 g/mol. The van der Waals surface area contributed by atoms with E-state index in [2.05, 4.69) is 0 Å². The standard InChI is InChI=1S/C11H16F2N2O4/c12-8(13)7-14(5-6-16)9(17)3-4-15-10(18)1-2-11(15)19/h8,16H,1-7H2. The van der Waals surface area contributed by atoms with Gasteiger partial charge in [-0.25, -0.2) is 8.78 Å². The zero-order chi connectivity index (χ0) is 14.4. The number of alkyl halides is 2. The van der Waals surface area contributed by atoms with E-state index in [9.17, 15) is 23.2 Å². The molecule has 0 atom stereocenters. The Morgan fingerprint density at radius 1 is 1.32 bits per heavy atom. The molecule has 0 radical (unpaired) electrons. The number of nitrogens with zero attached hydrogens (tertiary/aromatic N) is 2. The number of aliphatic hydroxyl groups is 1. The highest BCUT2D eigenvalue weighted by molar-refractivity contribution is 6.02. The molecule has 0 saturated carbocycles. The van der Waals surface area contributed by atoms with Crippen molar-refractivity contribution in [2.24, 2.45) is 0 Å². The predicted octanol–water partition coefficient (Wildman–Crippen LogP) is -0.388. The lowest BCUT2D eigenvalue weighted by Crippen LogP contribution is -2.40. The van der Waals surface area contributed by atoms with Crippen LogP contribution < -0.4 is 0 Å². The summed E-state index contributed by atoms with van der Waals surface area (Å²) in [5, 5.41) is 8.70. The second-order valence-corrected chi connectivity index (χ2v) is 4.14. The van der Waals surface area contributed by atoms with Crippen LogP contribution in [0.5, 0.6) is 0 Å². The topological polar surface area (TPSA) is 77.9 Å². The van der Waals surface area contributed by atoms with Crippen molar-refractivity contribution < 1.29 is 28.3 Å². The quantitative estimate of drug-likeness (QED) is 0.643. The molecule has 0 aliphatic carbocycles. The number of amides is 3. The maximum absolute atomic E-state index is 12.2. The Labute approximate surface area is 109 Å². The summed E-state index contributed by atoms with van der Waals surface area (Å²) in [6.45, 7) is -1.46. The fourth-order valence-electron chi connectivity index (χ4n) is 1.84. The number of halogens is 2. The van der Waals surface area contributed by atoms with Gasteiger partial charge < -0.3 is 10.0 Å². The molecule has 3 amide bonds. The molecule has 1 aliphatic rings. The van der Waals surface area contributed by atoms with Gasteiger partial charge in [0.25, 0.3) is 6.43 Å². The number of carbonyl (C=O) groups is 3. The molecule has 0 bridgehead atoms. The first-order valence-electron chi connectivity index (χ1n) is 5.95. The van der Waals surface area contributed by atoms with Gasteiger partial charge in [0.15, 0.2) is 0 Å². The van der Waals surface area contributed by atoms with Gasteiger partial charge in [-0.2, -0.15) is 0 Å². The molecule has 108 valence electrons. The summed E-state index contributed by atoms with van der Waals surface area (Å²) in [5.74, 6) is -1.30. The van der Waals surface area contributed by atoms with E-state index in [1.165, 1.54) is 0 Å². The van der Waals surface area contributed by atoms with E-state index in [0.29, 0.717) is 0 Å². The van der Waals surface area contributed by atoms with Gasteiger partial charge in [0.1, 0.15) is 0 Å². The van der Waals surface area contributed by atoms with Crippen molar-refractivity contribution in [2.75, 3.05) is 26.2 Å². The van der Waals surface area contributed by atoms with Gasteiger partial charge in [0, 0.05) is 32.4 Å². The van der Waals surface area contributed by atoms with Crippen molar-refractivity contribution in [1.29, 1.82) is 0 Å². The van der Waals surface area contributed by atoms with Gasteiger partial charge in [-0.05, 0) is 0 Å². The van der Waals surface area contributed by atoms with Crippen LogP contribution in [0.15, 0.2) is 0 Å². The second kappa shape index (κ2) is 7.13. The number of rotatable bonds is 7. The highest BCUT2D eigenvalue weighted by atomic mass is 19.3. The molecule has 1 N–H and O–H groups in total. The van der Waals surface area contributed by atoms with Crippen molar-refractivity contribution in [2.45, 2.75) is 25.7 Å². The van der Waals surface area contributed by atoms with E-state index < -0.39 is 25.5 Å². The molecule has 8 heteroatoms. The van der Waals surface area contributed by atoms with Crippen LogP contribution in [0.4, 0.5) is 8.78 Å². The van der Waals surface area contributed by atoms with Gasteiger partial charge in [0.2, 0.25) is 17.7 Å². The summed E-state index contributed by atoms with van der Waals surface area (Å²) in [6, 6.07) is 0. The summed E-state index contributed by atoms with van der Waals surface area (Å²) in [4.78, 5) is 36.1. The Morgan fingerprint density at radius 3 is 2.37 bits per heavy atom. The maximum Gasteiger partial charge on any atom is 0.255 e. The molecule has 1 fully saturated rings. The average Bonchev–Trinajstić information content (AvgIpc) is 2.65. The number of imide groups is 1. The first-order valence-corrected chi connectivity index (χ1v) is 5.95. The van der Waals surface area contributed by atoms with E-state index in [1.807, 2.05) is 0 Å². The highest BCUT2D eigenvalue weighted by Gasteiger charge is 2.29. The van der Waals surface area contributed by atoms with Crippen LogP contribution in [-0.4, -0.2) is 65.3 Å². The summed E-state index contributed by atoms with van der Waals surface area (Å²) in [7, 11) is 0. The second-order valence-electron chi connectivity index (χ2n) is 4.14. The average molecular weight is 278 g/mol. The Bertz CT molecular complexity index is 347. The van der Waals surface area contributed by atoms with Gasteiger partial charge >= 0.3 is 0 Å². The lowest BCUT2D eigenvalue weighted by molar-refractivity contribution is -0.140. The van der Waals surface area contributed by atoms with Crippen molar-refractivity contribution in [1.82, 2.24) is 9.80 Å². The van der Waals surface area contributed by atoms with E-state index in [0.717, 1.165) is 9.80 Å². The maximum atomic E-state index is 12.2. The lowest BCUT2D eigenvalue weighted by atomic mass is 10.3. The lowest BCUT2D eigenvalue weighted by Gasteiger charge is -2.22. The minimum absolute atomic E-state index is 0.0956. The SMILES string of the molecule is O=C(CCN1C(=O)CCC1=O)N(CCO)CC(F)F. The van der Waals surface area contributed by atoms with Crippen LogP contribution in [0.3, 0.4) is 0 Å². The van der Waals surface area contributed by atoms with Gasteiger partial charge in [-0.15, -0.1) is 0 Å². The molecule has 1 heterocycles. The number of likely N-dealkylation sites (tertiary alicyclic amines) is 1. The van der Waals surface area contributed by atoms with Crippen LogP contribution in [0.2, 0.25) is 0 Å². The Kier molecular flexibility index (Phi) is 5.81. The molecule has 0 spiro atoms. The number of hydrogen-bond donors (Lipinski definition) is 1. The molecule has 19 heavy (non-hydrogen) atoms. The molecule has 1 saturated heterocycles. The van der Waals surface area contributed by atoms with Crippen LogP contribution >= 0.6 is 0 Å². The molecular weight excluding hydrogens is 262 g/mol. The van der Waals surface area contributed by atoms with Crippen LogP contribution in [0.25, 0.3) is 0 Å². The van der Waals surface area contributed by atoms with Gasteiger partial charge in [-0.1, -0.05) is 0 Å². The molecule has 0 aromatic carbocycles. The molecule has 1 rings (SSSR count). The van der Waals surface area contributed by atoms with E-state index in [-0.39, 0.29) is 44.2 Å². The van der Waals surface area contributed by atoms with Gasteiger partial charge in [-0.3, -0.25) is 19.3 Å². The van der Waals surface area contributed by atoms with Crippen molar-refractivity contribution in [3.8, 4) is 0 Å². The summed E-state index contributed by atoms with van der Waals surface area (Å²) >= 11 is 0. The number of hydrogen-bond acceptors (Lipinski definition) is 4. The van der Waals surface area contributed by atoms with E-state index in [1.54, 1.807) is 0 Å².